The van der Waals surface area contributed by atoms with Gasteiger partial charge in [-0.3, -0.25) is 9.59 Å². The van der Waals surface area contributed by atoms with Crippen LogP contribution in [0.25, 0.3) is 16.7 Å². The lowest BCUT2D eigenvalue weighted by molar-refractivity contribution is -0.139. The molecular formula is C24H24N2O5. The quantitative estimate of drug-likeness (QED) is 0.357. The molecule has 0 radical (unpaired) electrons. The molecule has 3 aromatic rings. The number of Topliss-reactive ketones (excluding diaryl/α,β-unsaturated/α-hetero) is 1. The predicted molar refractivity (Wildman–Crippen MR) is 117 cm³/mol. The van der Waals surface area contributed by atoms with Gasteiger partial charge in [-0.25, -0.2) is 0 Å². The topological polar surface area (TPSA) is 91.9 Å². The van der Waals surface area contributed by atoms with Crippen LogP contribution in [-0.4, -0.2) is 47.4 Å². The summed E-state index contributed by atoms with van der Waals surface area (Å²) in [5.74, 6) is -0.675. The predicted octanol–water partition coefficient (Wildman–Crippen LogP) is 4.02. The van der Waals surface area contributed by atoms with Crippen molar-refractivity contribution >= 4 is 28.4 Å². The second-order valence-corrected chi connectivity index (χ2v) is 7.32. The van der Waals surface area contributed by atoms with E-state index in [1.54, 1.807) is 24.4 Å². The van der Waals surface area contributed by atoms with Gasteiger partial charge in [0, 0.05) is 34.8 Å². The molecule has 0 spiro atoms. The molecule has 0 saturated carbocycles. The van der Waals surface area contributed by atoms with Crippen molar-refractivity contribution in [1.29, 1.82) is 0 Å². The van der Waals surface area contributed by atoms with Crippen molar-refractivity contribution in [2.45, 2.75) is 19.4 Å². The van der Waals surface area contributed by atoms with Gasteiger partial charge in [0.05, 0.1) is 25.8 Å². The molecule has 1 aliphatic rings. The number of nitrogens with zero attached hydrogens (tertiary/aromatic N) is 1. The lowest BCUT2D eigenvalue weighted by atomic mass is 9.94. The average Bonchev–Trinajstić information content (AvgIpc) is 3.33. The molecule has 7 heteroatoms. The summed E-state index contributed by atoms with van der Waals surface area (Å²) >= 11 is 0. The van der Waals surface area contributed by atoms with Crippen molar-refractivity contribution < 1.29 is 24.2 Å². The molecule has 1 fully saturated rings. The molecule has 0 aliphatic carbocycles. The minimum Gasteiger partial charge on any atom is -0.507 e. The van der Waals surface area contributed by atoms with Crippen LogP contribution in [0.2, 0.25) is 0 Å². The number of carbonyl (C=O) groups is 2. The van der Waals surface area contributed by atoms with Crippen molar-refractivity contribution in [2.75, 3.05) is 20.8 Å². The maximum Gasteiger partial charge on any atom is 0.295 e. The molecule has 2 N–H and O–H groups in total. The van der Waals surface area contributed by atoms with Gasteiger partial charge in [-0.2, -0.15) is 0 Å². The first-order chi connectivity index (χ1) is 15.0. The van der Waals surface area contributed by atoms with E-state index in [-0.39, 0.29) is 11.3 Å². The summed E-state index contributed by atoms with van der Waals surface area (Å²) in [5.41, 5.74) is 1.91. The highest BCUT2D eigenvalue weighted by Crippen LogP contribution is 2.45. The first-order valence-corrected chi connectivity index (χ1v) is 10.1. The lowest BCUT2D eigenvalue weighted by Crippen LogP contribution is -2.30. The summed E-state index contributed by atoms with van der Waals surface area (Å²) in [7, 11) is 3.03. The average molecular weight is 420 g/mol. The van der Waals surface area contributed by atoms with Crippen LogP contribution >= 0.6 is 0 Å². The fourth-order valence-electron chi connectivity index (χ4n) is 4.21. The third kappa shape index (κ3) is 3.22. The number of nitrogens with one attached hydrogen (secondary N) is 1. The number of fused-ring (bicyclic) bond motifs is 1. The number of aromatic amines is 1. The number of aliphatic hydroxyl groups excluding tert-OH is 1. The van der Waals surface area contributed by atoms with Gasteiger partial charge >= 0.3 is 0 Å². The monoisotopic (exact) mass is 420 g/mol. The highest BCUT2D eigenvalue weighted by molar-refractivity contribution is 6.46. The van der Waals surface area contributed by atoms with E-state index in [0.29, 0.717) is 35.6 Å². The second-order valence-electron chi connectivity index (χ2n) is 7.32. The summed E-state index contributed by atoms with van der Waals surface area (Å²) < 4.78 is 11.0. The van der Waals surface area contributed by atoms with Crippen LogP contribution in [0.15, 0.2) is 54.2 Å². The molecule has 1 aromatic heterocycles. The number of amides is 1. The number of hydrogen-bond acceptors (Lipinski definition) is 5. The van der Waals surface area contributed by atoms with Crippen LogP contribution in [0.4, 0.5) is 0 Å². The molecule has 2 aromatic carbocycles. The van der Waals surface area contributed by atoms with Crippen molar-refractivity contribution in [3.05, 3.63) is 65.4 Å². The Bertz CT molecular complexity index is 1190. The number of aromatic nitrogens is 1. The number of aliphatic hydroxyl groups is 1. The zero-order valence-electron chi connectivity index (χ0n) is 17.6. The highest BCUT2D eigenvalue weighted by atomic mass is 16.5. The van der Waals surface area contributed by atoms with E-state index in [9.17, 15) is 14.7 Å². The first-order valence-electron chi connectivity index (χ1n) is 10.1. The zero-order chi connectivity index (χ0) is 22.1. The Morgan fingerprint density at radius 1 is 1.10 bits per heavy atom. The van der Waals surface area contributed by atoms with Gasteiger partial charge < -0.3 is 24.5 Å². The van der Waals surface area contributed by atoms with E-state index >= 15 is 0 Å². The van der Waals surface area contributed by atoms with Gasteiger partial charge in [0.2, 0.25) is 0 Å². The molecule has 4 rings (SSSR count). The molecule has 2 heterocycles. The van der Waals surface area contributed by atoms with E-state index in [1.807, 2.05) is 31.2 Å². The third-order valence-electron chi connectivity index (χ3n) is 5.58. The summed E-state index contributed by atoms with van der Waals surface area (Å²) in [5, 5.41) is 12.1. The largest absolute Gasteiger partial charge is 0.507 e. The maximum absolute atomic E-state index is 13.1. The minimum absolute atomic E-state index is 0.0368. The van der Waals surface area contributed by atoms with E-state index in [1.165, 1.54) is 19.1 Å². The number of ether oxygens (including phenoxy) is 2. The smallest absolute Gasteiger partial charge is 0.295 e. The number of para-hydroxylation sites is 2. The Morgan fingerprint density at radius 2 is 1.87 bits per heavy atom. The van der Waals surface area contributed by atoms with E-state index in [2.05, 4.69) is 4.98 Å². The van der Waals surface area contributed by atoms with Crippen molar-refractivity contribution in [2.24, 2.45) is 0 Å². The Hall–Kier alpha value is -3.74. The molecule has 1 saturated heterocycles. The standard InChI is InChI=1S/C24H24N2O5/c1-4-12-26-20(15-9-7-11-18(30-2)23(15)31-3)19(22(28)24(26)29)21(27)16-13-25-17-10-6-5-8-14(16)17/h5-11,13,20,25,27H,4,12H2,1-3H3/b21-19+. The van der Waals surface area contributed by atoms with E-state index in [4.69, 9.17) is 9.47 Å². The van der Waals surface area contributed by atoms with Crippen LogP contribution in [-0.2, 0) is 9.59 Å². The van der Waals surface area contributed by atoms with Crippen LogP contribution in [0.1, 0.15) is 30.5 Å². The van der Waals surface area contributed by atoms with Crippen molar-refractivity contribution in [3.63, 3.8) is 0 Å². The molecule has 160 valence electrons. The molecule has 31 heavy (non-hydrogen) atoms. The summed E-state index contributed by atoms with van der Waals surface area (Å²) in [6, 6.07) is 12.0. The van der Waals surface area contributed by atoms with Crippen LogP contribution < -0.4 is 9.47 Å². The number of likely N-dealkylation sites (tertiary alicyclic amines) is 1. The number of H-pyrrole nitrogens is 1. The number of benzene rings is 2. The lowest BCUT2D eigenvalue weighted by Gasteiger charge is -2.26. The molecule has 1 aliphatic heterocycles. The van der Waals surface area contributed by atoms with Gasteiger partial charge in [0.25, 0.3) is 11.7 Å². The molecule has 0 bridgehead atoms. The van der Waals surface area contributed by atoms with Crippen LogP contribution in [0, 0.1) is 0 Å². The number of methoxy groups -OCH3 is 2. The first kappa shape index (κ1) is 20.5. The molecule has 1 atom stereocenters. The summed E-state index contributed by atoms with van der Waals surface area (Å²) in [4.78, 5) is 30.6. The summed E-state index contributed by atoms with van der Waals surface area (Å²) in [6.45, 7) is 2.29. The molecule has 7 nitrogen and oxygen atoms in total. The second kappa shape index (κ2) is 8.18. The number of ketones is 1. The fraction of sp³-hybridized carbons (Fsp3) is 0.250. The maximum atomic E-state index is 13.1. The Balaban J connectivity index is 1.99. The van der Waals surface area contributed by atoms with E-state index in [0.717, 1.165) is 10.9 Å². The van der Waals surface area contributed by atoms with Crippen LogP contribution in [0.3, 0.4) is 0 Å². The van der Waals surface area contributed by atoms with Gasteiger partial charge in [-0.1, -0.05) is 37.3 Å². The normalized spacial score (nSPS) is 18.0. The Labute approximate surface area is 179 Å². The van der Waals surface area contributed by atoms with E-state index < -0.39 is 17.7 Å². The van der Waals surface area contributed by atoms with Crippen LogP contribution in [0.5, 0.6) is 11.5 Å². The number of hydrogen-bond donors (Lipinski definition) is 2. The highest BCUT2D eigenvalue weighted by Gasteiger charge is 2.47. The number of carbonyl (C=O) groups excluding carboxylic acids is 2. The van der Waals surface area contributed by atoms with Crippen molar-refractivity contribution in [3.8, 4) is 11.5 Å². The molecule has 1 amide bonds. The van der Waals surface area contributed by atoms with Crippen molar-refractivity contribution in [1.82, 2.24) is 9.88 Å². The SMILES string of the molecule is CCCN1C(=O)C(=O)/C(=C(/O)c2c[nH]c3ccccc23)C1c1cccc(OC)c1OC. The third-order valence-corrected chi connectivity index (χ3v) is 5.58. The number of rotatable bonds is 6. The van der Waals surface area contributed by atoms with Gasteiger partial charge in [0.15, 0.2) is 11.5 Å². The molecule has 1 unspecified atom stereocenters. The van der Waals surface area contributed by atoms with Gasteiger partial charge in [-0.15, -0.1) is 0 Å². The zero-order valence-corrected chi connectivity index (χ0v) is 17.6. The van der Waals surface area contributed by atoms with Gasteiger partial charge in [0.1, 0.15) is 5.76 Å². The summed E-state index contributed by atoms with van der Waals surface area (Å²) in [6.07, 6.45) is 2.30. The fourth-order valence-corrected chi connectivity index (χ4v) is 4.21. The Kier molecular flexibility index (Phi) is 5.42. The van der Waals surface area contributed by atoms with Gasteiger partial charge in [-0.05, 0) is 18.6 Å². The minimum atomic E-state index is -0.793. The Morgan fingerprint density at radius 3 is 2.58 bits per heavy atom. The molecular weight excluding hydrogens is 396 g/mol.